The number of hydrogen-bond donors (Lipinski definition) is 6. The van der Waals surface area contributed by atoms with Crippen molar-refractivity contribution in [3.05, 3.63) is 59.4 Å². The maximum Gasteiger partial charge on any atom is 0.326 e. The molecule has 1 aliphatic rings. The second-order valence-corrected chi connectivity index (χ2v) is 9.31. The van der Waals surface area contributed by atoms with Gasteiger partial charge < -0.3 is 32.3 Å². The lowest BCUT2D eigenvalue weighted by molar-refractivity contribution is -0.139. The van der Waals surface area contributed by atoms with Gasteiger partial charge in [0.25, 0.3) is 5.91 Å². The van der Waals surface area contributed by atoms with Crippen LogP contribution in [-0.4, -0.2) is 56.1 Å². The van der Waals surface area contributed by atoms with Gasteiger partial charge in [0.05, 0.1) is 17.6 Å². The molecule has 1 saturated carbocycles. The van der Waals surface area contributed by atoms with E-state index in [2.05, 4.69) is 25.6 Å². The van der Waals surface area contributed by atoms with Crippen molar-refractivity contribution in [1.29, 1.82) is 0 Å². The van der Waals surface area contributed by atoms with Crippen LogP contribution in [0.4, 0.5) is 5.82 Å². The summed E-state index contributed by atoms with van der Waals surface area (Å²) in [5, 5.41) is 25.9. The first-order valence-electron chi connectivity index (χ1n) is 12.1. The number of aryl methyl sites for hydroxylation is 1. The molecule has 1 aromatic heterocycles. The van der Waals surface area contributed by atoms with E-state index in [0.717, 1.165) is 36.6 Å². The number of anilines is 1. The molecule has 8 N–H and O–H groups in total. The summed E-state index contributed by atoms with van der Waals surface area (Å²) in [5.74, 6) is -1.49. The van der Waals surface area contributed by atoms with E-state index >= 15 is 0 Å². The smallest absolute Gasteiger partial charge is 0.326 e. The van der Waals surface area contributed by atoms with Gasteiger partial charge in [0.2, 0.25) is 5.82 Å². The number of hydrogen-bond acceptors (Lipinski definition) is 7. The normalized spacial score (nSPS) is 18.1. The highest BCUT2D eigenvalue weighted by molar-refractivity contribution is 5.98. The van der Waals surface area contributed by atoms with E-state index in [-0.39, 0.29) is 36.0 Å². The van der Waals surface area contributed by atoms with Gasteiger partial charge >= 0.3 is 5.97 Å². The van der Waals surface area contributed by atoms with E-state index in [1.807, 2.05) is 19.1 Å². The highest BCUT2D eigenvalue weighted by atomic mass is 16.4. The molecule has 3 aromatic rings. The molecule has 0 bridgehead atoms. The van der Waals surface area contributed by atoms with Crippen molar-refractivity contribution in [2.24, 2.45) is 16.5 Å². The Hall–Kier alpha value is -4.41. The third-order valence-corrected chi connectivity index (χ3v) is 6.40. The van der Waals surface area contributed by atoms with Crippen LogP contribution >= 0.6 is 0 Å². The van der Waals surface area contributed by atoms with Gasteiger partial charge in [-0.15, -0.1) is 0 Å². The minimum Gasteiger partial charge on any atom is -0.508 e. The number of carbonyl (C=O) groups excluding carboxylic acids is 1. The van der Waals surface area contributed by atoms with Crippen molar-refractivity contribution >= 4 is 34.6 Å². The molecule has 1 amide bonds. The molecule has 4 rings (SSSR count). The molecule has 1 aliphatic carbocycles. The van der Waals surface area contributed by atoms with Gasteiger partial charge in [-0.05, 0) is 49.6 Å². The molecule has 11 nitrogen and oxygen atoms in total. The Morgan fingerprint density at radius 2 is 1.84 bits per heavy atom. The van der Waals surface area contributed by atoms with Gasteiger partial charge in [0.1, 0.15) is 17.6 Å². The number of fused-ring (bicyclic) bond motifs is 1. The summed E-state index contributed by atoms with van der Waals surface area (Å²) in [6, 6.07) is 10.3. The van der Waals surface area contributed by atoms with Gasteiger partial charge in [-0.1, -0.05) is 36.6 Å². The van der Waals surface area contributed by atoms with Gasteiger partial charge in [-0.2, -0.15) is 0 Å². The molecule has 0 saturated heterocycles. The second kappa shape index (κ2) is 11.1. The monoisotopic (exact) mass is 505 g/mol. The number of phenolic OH excluding ortho intramolecular Hbond substituents is 1. The van der Waals surface area contributed by atoms with E-state index in [9.17, 15) is 19.8 Å². The Kier molecular flexibility index (Phi) is 7.71. The van der Waals surface area contributed by atoms with Crippen LogP contribution < -0.4 is 22.1 Å². The van der Waals surface area contributed by atoms with E-state index in [0.29, 0.717) is 16.9 Å². The molecule has 1 heterocycles. The molecule has 194 valence electrons. The van der Waals surface area contributed by atoms with Crippen LogP contribution in [-0.2, 0) is 11.2 Å². The molecule has 2 aromatic carbocycles. The number of nitrogens with one attached hydrogen (secondary N) is 2. The van der Waals surface area contributed by atoms with Crippen molar-refractivity contribution in [2.45, 2.75) is 57.2 Å². The Balaban J connectivity index is 1.63. The number of amides is 1. The first-order chi connectivity index (χ1) is 17.7. The molecule has 0 spiro atoms. The van der Waals surface area contributed by atoms with Crippen LogP contribution in [0.2, 0.25) is 0 Å². The SMILES string of the molecule is Cc1ccc2nc(C(=O)N[C@@H](Cc3ccc(O)cc3)C(=O)O)nc(NC3CCCCC3N=C(N)N)c2c1. The third-order valence-electron chi connectivity index (χ3n) is 6.40. The van der Waals surface area contributed by atoms with Gasteiger partial charge in [-0.25, -0.2) is 19.8 Å². The molecule has 3 atom stereocenters. The number of nitrogens with zero attached hydrogens (tertiary/aromatic N) is 3. The number of aliphatic imine (C=N–C) groups is 1. The van der Waals surface area contributed by atoms with Crippen molar-refractivity contribution in [2.75, 3.05) is 5.32 Å². The second-order valence-electron chi connectivity index (χ2n) is 9.31. The van der Waals surface area contributed by atoms with Crippen molar-refractivity contribution in [1.82, 2.24) is 15.3 Å². The quantitative estimate of drug-likeness (QED) is 0.197. The lowest BCUT2D eigenvalue weighted by atomic mass is 9.90. The predicted octanol–water partition coefficient (Wildman–Crippen LogP) is 2.07. The zero-order valence-corrected chi connectivity index (χ0v) is 20.5. The zero-order valence-electron chi connectivity index (χ0n) is 20.5. The number of carboxylic acid groups (broad SMARTS) is 1. The highest BCUT2D eigenvalue weighted by Gasteiger charge is 2.27. The lowest BCUT2D eigenvalue weighted by Gasteiger charge is -2.30. The molecule has 37 heavy (non-hydrogen) atoms. The summed E-state index contributed by atoms with van der Waals surface area (Å²) in [6.45, 7) is 1.95. The fraction of sp³-hybridized carbons (Fsp3) is 0.346. The molecule has 0 radical (unpaired) electrons. The van der Waals surface area contributed by atoms with Crippen LogP contribution in [0.15, 0.2) is 47.5 Å². The number of phenols is 1. The Morgan fingerprint density at radius 1 is 1.11 bits per heavy atom. The minimum absolute atomic E-state index is 0.0236. The van der Waals surface area contributed by atoms with Crippen LogP contribution in [0.3, 0.4) is 0 Å². The summed E-state index contributed by atoms with van der Waals surface area (Å²) in [7, 11) is 0. The molecule has 2 unspecified atom stereocenters. The number of aromatic hydroxyl groups is 1. The average Bonchev–Trinajstić information content (AvgIpc) is 2.85. The van der Waals surface area contributed by atoms with E-state index in [4.69, 9.17) is 11.5 Å². The number of carboxylic acids is 1. The summed E-state index contributed by atoms with van der Waals surface area (Å²) in [4.78, 5) is 38.3. The molecule has 0 aliphatic heterocycles. The number of benzene rings is 2. The van der Waals surface area contributed by atoms with Crippen LogP contribution in [0.1, 0.15) is 47.4 Å². The maximum absolute atomic E-state index is 13.1. The van der Waals surface area contributed by atoms with Gasteiger partial charge in [0.15, 0.2) is 5.96 Å². The molecular formula is C26H31N7O4. The fourth-order valence-electron chi connectivity index (χ4n) is 4.55. The third kappa shape index (κ3) is 6.43. The van der Waals surface area contributed by atoms with Crippen LogP contribution in [0, 0.1) is 6.92 Å². The van der Waals surface area contributed by atoms with E-state index < -0.39 is 17.9 Å². The first-order valence-corrected chi connectivity index (χ1v) is 12.1. The summed E-state index contributed by atoms with van der Waals surface area (Å²) < 4.78 is 0. The molecule has 11 heteroatoms. The molecular weight excluding hydrogens is 474 g/mol. The summed E-state index contributed by atoms with van der Waals surface area (Å²) in [6.07, 6.45) is 3.69. The summed E-state index contributed by atoms with van der Waals surface area (Å²) >= 11 is 0. The summed E-state index contributed by atoms with van der Waals surface area (Å²) in [5.41, 5.74) is 13.5. The Bertz CT molecular complexity index is 1320. The lowest BCUT2D eigenvalue weighted by Crippen LogP contribution is -2.43. The largest absolute Gasteiger partial charge is 0.508 e. The standard InChI is InChI=1S/C26H31N7O4/c1-14-6-11-18-17(12-14)22(30-19-4-2-3-5-20(19)32-26(27)28)33-23(29-18)24(35)31-21(25(36)37)13-15-7-9-16(34)10-8-15/h6-12,19-21,34H,2-5,13H2,1H3,(H,31,35)(H,36,37)(H4,27,28,32)(H,29,30,33)/t19?,20?,21-/m0/s1. The van der Waals surface area contributed by atoms with Crippen molar-refractivity contribution in [3.8, 4) is 5.75 Å². The Labute approximate surface area is 214 Å². The fourth-order valence-corrected chi connectivity index (χ4v) is 4.55. The number of nitrogens with two attached hydrogens (primary N) is 2. The predicted molar refractivity (Wildman–Crippen MR) is 140 cm³/mol. The number of aromatic nitrogens is 2. The zero-order chi connectivity index (χ0) is 26.5. The highest BCUT2D eigenvalue weighted by Crippen LogP contribution is 2.28. The number of guanidine groups is 1. The number of carbonyl (C=O) groups is 2. The van der Waals surface area contributed by atoms with Crippen LogP contribution in [0.5, 0.6) is 5.75 Å². The van der Waals surface area contributed by atoms with Crippen molar-refractivity contribution in [3.63, 3.8) is 0 Å². The average molecular weight is 506 g/mol. The maximum atomic E-state index is 13.1. The van der Waals surface area contributed by atoms with Gasteiger partial charge in [0, 0.05) is 11.8 Å². The molecule has 1 fully saturated rings. The van der Waals surface area contributed by atoms with Gasteiger partial charge in [-0.3, -0.25) is 4.79 Å². The van der Waals surface area contributed by atoms with E-state index in [1.165, 1.54) is 12.1 Å². The van der Waals surface area contributed by atoms with Crippen molar-refractivity contribution < 1.29 is 19.8 Å². The minimum atomic E-state index is -1.21. The first kappa shape index (κ1) is 25.7. The van der Waals surface area contributed by atoms with Crippen LogP contribution in [0.25, 0.3) is 10.9 Å². The topological polar surface area (TPSA) is 189 Å². The van der Waals surface area contributed by atoms with E-state index in [1.54, 1.807) is 18.2 Å². The Morgan fingerprint density at radius 3 is 2.54 bits per heavy atom. The number of rotatable bonds is 8. The number of aliphatic carboxylic acids is 1.